The number of benzene rings is 1. The van der Waals surface area contributed by atoms with E-state index in [1.165, 1.54) is 16.7 Å². The van der Waals surface area contributed by atoms with Crippen LogP contribution in [0.5, 0.6) is 5.75 Å². The van der Waals surface area contributed by atoms with Crippen molar-refractivity contribution >= 4 is 0 Å². The number of methoxy groups -OCH3 is 1. The van der Waals surface area contributed by atoms with E-state index >= 15 is 0 Å². The number of ether oxygens (including phenoxy) is 1. The van der Waals surface area contributed by atoms with Gasteiger partial charge in [-0.25, -0.2) is 0 Å². The molecule has 0 saturated carbocycles. The smallest absolute Gasteiger partial charge is 0.123 e. The van der Waals surface area contributed by atoms with Gasteiger partial charge in [0.25, 0.3) is 0 Å². The first-order chi connectivity index (χ1) is 9.92. The van der Waals surface area contributed by atoms with Crippen molar-refractivity contribution in [3.63, 3.8) is 0 Å². The van der Waals surface area contributed by atoms with Crippen LogP contribution in [-0.2, 0) is 0 Å². The topological polar surface area (TPSA) is 34.4 Å². The molecular weight excluding hydrogens is 262 g/mol. The minimum Gasteiger partial charge on any atom is -0.496 e. The molecule has 1 N–H and O–H groups in total. The number of hydrogen-bond donors (Lipinski definition) is 1. The Labute approximate surface area is 127 Å². The third-order valence-corrected chi connectivity index (χ3v) is 3.90. The quantitative estimate of drug-likeness (QED) is 0.871. The Hall–Kier alpha value is -1.74. The van der Waals surface area contributed by atoms with Crippen LogP contribution in [0.15, 0.2) is 28.7 Å². The zero-order valence-corrected chi connectivity index (χ0v) is 13.8. The monoisotopic (exact) mass is 287 g/mol. The Kier molecular flexibility index (Phi) is 4.73. The van der Waals surface area contributed by atoms with Gasteiger partial charge < -0.3 is 14.5 Å². The number of furan rings is 1. The minimum atomic E-state index is 0.199. The van der Waals surface area contributed by atoms with E-state index in [-0.39, 0.29) is 12.1 Å². The molecule has 21 heavy (non-hydrogen) atoms. The van der Waals surface area contributed by atoms with Crippen molar-refractivity contribution in [3.8, 4) is 5.75 Å². The summed E-state index contributed by atoms with van der Waals surface area (Å²) in [6, 6.07) is 8.85. The maximum absolute atomic E-state index is 5.62. The van der Waals surface area contributed by atoms with Gasteiger partial charge in [-0.2, -0.15) is 0 Å². The van der Waals surface area contributed by atoms with E-state index in [0.29, 0.717) is 0 Å². The Morgan fingerprint density at radius 1 is 1.00 bits per heavy atom. The molecule has 2 rings (SSSR count). The fourth-order valence-corrected chi connectivity index (χ4v) is 2.81. The number of nitrogens with one attached hydrogen (secondary N) is 1. The van der Waals surface area contributed by atoms with Crippen LogP contribution in [0, 0.1) is 20.8 Å². The highest BCUT2D eigenvalue weighted by atomic mass is 16.5. The molecule has 1 aromatic heterocycles. The highest BCUT2D eigenvalue weighted by molar-refractivity contribution is 5.39. The number of rotatable bonds is 5. The Bertz CT molecular complexity index is 616. The summed E-state index contributed by atoms with van der Waals surface area (Å²) in [6.07, 6.45) is 0. The van der Waals surface area contributed by atoms with Crippen LogP contribution in [0.4, 0.5) is 0 Å². The van der Waals surface area contributed by atoms with Gasteiger partial charge in [0.1, 0.15) is 17.3 Å². The Morgan fingerprint density at radius 3 is 2.24 bits per heavy atom. The second kappa shape index (κ2) is 6.35. The van der Waals surface area contributed by atoms with Crippen molar-refractivity contribution in [3.05, 3.63) is 52.5 Å². The average Bonchev–Trinajstić information content (AvgIpc) is 2.77. The number of hydrogen-bond acceptors (Lipinski definition) is 3. The van der Waals surface area contributed by atoms with Crippen molar-refractivity contribution in [2.24, 2.45) is 0 Å². The van der Waals surface area contributed by atoms with E-state index in [9.17, 15) is 0 Å². The molecule has 0 aliphatic heterocycles. The van der Waals surface area contributed by atoms with Gasteiger partial charge in [-0.05, 0) is 52.3 Å². The van der Waals surface area contributed by atoms with Gasteiger partial charge in [0.2, 0.25) is 0 Å². The molecule has 0 aliphatic rings. The van der Waals surface area contributed by atoms with Crippen molar-refractivity contribution < 1.29 is 9.15 Å². The number of aryl methyl sites for hydroxylation is 3. The fraction of sp³-hybridized carbons (Fsp3) is 0.444. The lowest BCUT2D eigenvalue weighted by molar-refractivity contribution is 0.395. The summed E-state index contributed by atoms with van der Waals surface area (Å²) >= 11 is 0. The van der Waals surface area contributed by atoms with Crippen LogP contribution < -0.4 is 10.1 Å². The molecule has 0 amide bonds. The summed E-state index contributed by atoms with van der Waals surface area (Å²) in [4.78, 5) is 0. The molecule has 3 heteroatoms. The Morgan fingerprint density at radius 2 is 1.67 bits per heavy atom. The third-order valence-electron chi connectivity index (χ3n) is 3.90. The van der Waals surface area contributed by atoms with E-state index in [0.717, 1.165) is 17.3 Å². The molecule has 3 nitrogen and oxygen atoms in total. The molecule has 0 spiro atoms. The zero-order chi connectivity index (χ0) is 15.6. The SMILES string of the molecule is COc1cc(C)ccc1C(C)NC(C)c1cc(C)oc1C. The van der Waals surface area contributed by atoms with Crippen LogP contribution in [0.1, 0.15) is 54.1 Å². The first kappa shape index (κ1) is 15.6. The second-order valence-corrected chi connectivity index (χ2v) is 5.72. The van der Waals surface area contributed by atoms with E-state index in [2.05, 4.69) is 50.4 Å². The molecule has 0 saturated heterocycles. The predicted molar refractivity (Wildman–Crippen MR) is 85.9 cm³/mol. The molecule has 1 heterocycles. The summed E-state index contributed by atoms with van der Waals surface area (Å²) in [6.45, 7) is 10.4. The van der Waals surface area contributed by atoms with Gasteiger partial charge in [-0.3, -0.25) is 0 Å². The van der Waals surface area contributed by atoms with E-state index < -0.39 is 0 Å². The lowest BCUT2D eigenvalue weighted by Gasteiger charge is -2.22. The summed E-state index contributed by atoms with van der Waals surface area (Å²) < 4.78 is 11.1. The van der Waals surface area contributed by atoms with Crippen LogP contribution in [-0.4, -0.2) is 7.11 Å². The van der Waals surface area contributed by atoms with Crippen molar-refractivity contribution in [1.29, 1.82) is 0 Å². The average molecular weight is 287 g/mol. The molecule has 0 bridgehead atoms. The largest absolute Gasteiger partial charge is 0.496 e. The summed E-state index contributed by atoms with van der Waals surface area (Å²) in [7, 11) is 1.72. The maximum Gasteiger partial charge on any atom is 0.123 e. The van der Waals surface area contributed by atoms with Crippen LogP contribution >= 0.6 is 0 Å². The molecular formula is C18H25NO2. The normalized spacial score (nSPS) is 14.0. The first-order valence-corrected chi connectivity index (χ1v) is 7.40. The van der Waals surface area contributed by atoms with E-state index in [1.54, 1.807) is 7.11 Å². The van der Waals surface area contributed by atoms with Crippen LogP contribution in [0.2, 0.25) is 0 Å². The van der Waals surface area contributed by atoms with Crippen molar-refractivity contribution in [1.82, 2.24) is 5.32 Å². The Balaban J connectivity index is 2.18. The maximum atomic E-state index is 5.62. The second-order valence-electron chi connectivity index (χ2n) is 5.72. The van der Waals surface area contributed by atoms with Gasteiger partial charge in [-0.15, -0.1) is 0 Å². The lowest BCUT2D eigenvalue weighted by atomic mass is 10.0. The van der Waals surface area contributed by atoms with E-state index in [4.69, 9.17) is 9.15 Å². The zero-order valence-electron chi connectivity index (χ0n) is 13.8. The van der Waals surface area contributed by atoms with Gasteiger partial charge in [0.05, 0.1) is 7.11 Å². The summed E-state index contributed by atoms with van der Waals surface area (Å²) in [5, 5.41) is 3.62. The molecule has 1 aromatic carbocycles. The molecule has 0 radical (unpaired) electrons. The van der Waals surface area contributed by atoms with Gasteiger partial charge >= 0.3 is 0 Å². The predicted octanol–water partition coefficient (Wildman–Crippen LogP) is 4.63. The van der Waals surface area contributed by atoms with Gasteiger partial charge in [0.15, 0.2) is 0 Å². The minimum absolute atomic E-state index is 0.199. The highest BCUT2D eigenvalue weighted by Gasteiger charge is 2.17. The molecule has 0 fully saturated rings. The fourth-order valence-electron chi connectivity index (χ4n) is 2.81. The summed E-state index contributed by atoms with van der Waals surface area (Å²) in [5.41, 5.74) is 3.59. The van der Waals surface area contributed by atoms with Gasteiger partial charge in [-0.1, -0.05) is 12.1 Å². The molecule has 114 valence electrons. The van der Waals surface area contributed by atoms with Crippen LogP contribution in [0.3, 0.4) is 0 Å². The van der Waals surface area contributed by atoms with Crippen molar-refractivity contribution in [2.75, 3.05) is 7.11 Å². The lowest BCUT2D eigenvalue weighted by Crippen LogP contribution is -2.23. The summed E-state index contributed by atoms with van der Waals surface area (Å²) in [5.74, 6) is 2.87. The standard InChI is InChI=1S/C18H25NO2/c1-11-7-8-16(18(9-11)20-6)13(3)19-14(4)17-10-12(2)21-15(17)5/h7-10,13-14,19H,1-6H3. The van der Waals surface area contributed by atoms with Crippen molar-refractivity contribution in [2.45, 2.75) is 46.7 Å². The van der Waals surface area contributed by atoms with Gasteiger partial charge in [0, 0.05) is 23.2 Å². The molecule has 0 aliphatic carbocycles. The van der Waals surface area contributed by atoms with E-state index in [1.807, 2.05) is 13.8 Å². The molecule has 2 unspecified atom stereocenters. The molecule has 2 atom stereocenters. The third kappa shape index (κ3) is 3.48. The molecule has 2 aromatic rings. The highest BCUT2D eigenvalue weighted by Crippen LogP contribution is 2.29. The van der Waals surface area contributed by atoms with Crippen LogP contribution in [0.25, 0.3) is 0 Å². The first-order valence-electron chi connectivity index (χ1n) is 7.40.